The van der Waals surface area contributed by atoms with E-state index in [2.05, 4.69) is 32.7 Å². The van der Waals surface area contributed by atoms with Crippen LogP contribution in [0.1, 0.15) is 78.2 Å². The maximum absolute atomic E-state index is 13.9. The number of rotatable bonds is 5. The number of piperidine rings is 1. The Morgan fingerprint density at radius 2 is 1.93 bits per heavy atom. The monoisotopic (exact) mass is 578 g/mol. The first kappa shape index (κ1) is 29.9. The number of carbonyl (C=O) groups is 2. The summed E-state index contributed by atoms with van der Waals surface area (Å²) < 4.78 is 6.20. The van der Waals surface area contributed by atoms with Gasteiger partial charge in [-0.3, -0.25) is 9.59 Å². The molecule has 42 heavy (non-hydrogen) atoms. The highest BCUT2D eigenvalue weighted by molar-refractivity contribution is 6.62. The van der Waals surface area contributed by atoms with E-state index in [1.807, 2.05) is 36.1 Å². The highest BCUT2D eigenvalue weighted by Gasteiger charge is 2.68. The van der Waals surface area contributed by atoms with Crippen molar-refractivity contribution in [2.75, 3.05) is 24.5 Å². The molecule has 0 unspecified atom stereocenters. The third-order valence-electron chi connectivity index (χ3n) is 12.9. The number of nitrogens with zero attached hydrogens (tertiary/aromatic N) is 1. The number of anilines is 1. The lowest BCUT2D eigenvalue weighted by molar-refractivity contribution is -0.164. The van der Waals surface area contributed by atoms with Crippen molar-refractivity contribution in [2.24, 2.45) is 34.0 Å². The molecule has 1 saturated heterocycles. The van der Waals surface area contributed by atoms with E-state index >= 15 is 0 Å². The topological polar surface area (TPSA) is 119 Å². The predicted molar refractivity (Wildman–Crippen MR) is 162 cm³/mol. The smallest absolute Gasteiger partial charge is 0.480 e. The van der Waals surface area contributed by atoms with Crippen molar-refractivity contribution < 1.29 is 29.5 Å². The second-order valence-electron chi connectivity index (χ2n) is 14.6. The first-order valence-corrected chi connectivity index (χ1v) is 15.9. The molecule has 6 rings (SSSR count). The summed E-state index contributed by atoms with van der Waals surface area (Å²) in [5.41, 5.74) is 0.237. The molecule has 1 aromatic carbocycles. The van der Waals surface area contributed by atoms with Crippen molar-refractivity contribution in [1.82, 2.24) is 5.32 Å². The van der Waals surface area contributed by atoms with Gasteiger partial charge in [0.25, 0.3) is 0 Å². The highest BCUT2D eigenvalue weighted by Crippen LogP contribution is 2.68. The largest absolute Gasteiger partial charge is 0.492 e. The van der Waals surface area contributed by atoms with E-state index in [-0.39, 0.29) is 41.5 Å². The van der Waals surface area contributed by atoms with Crippen LogP contribution in [0.25, 0.3) is 0 Å². The molecule has 3 aliphatic carbocycles. The number of aliphatic hydroxyl groups is 1. The van der Waals surface area contributed by atoms with Crippen molar-refractivity contribution in [3.63, 3.8) is 0 Å². The molecule has 1 spiro atoms. The summed E-state index contributed by atoms with van der Waals surface area (Å²) in [5, 5.41) is 36.7. The van der Waals surface area contributed by atoms with Gasteiger partial charge < -0.3 is 30.1 Å². The van der Waals surface area contributed by atoms with Gasteiger partial charge in [0, 0.05) is 34.9 Å². The first-order chi connectivity index (χ1) is 19.8. The molecule has 8 atom stereocenters. The van der Waals surface area contributed by atoms with Crippen molar-refractivity contribution >= 4 is 30.0 Å². The minimum absolute atomic E-state index is 0.0916. The molecule has 1 aromatic rings. The van der Waals surface area contributed by atoms with Crippen LogP contribution in [0.3, 0.4) is 0 Å². The zero-order valence-corrected chi connectivity index (χ0v) is 25.6. The quantitative estimate of drug-likeness (QED) is 0.311. The number of nitrogens with one attached hydrogen (secondary N) is 1. The third-order valence-corrected chi connectivity index (χ3v) is 12.9. The number of hydrogen-bond acceptors (Lipinski definition) is 7. The Bertz CT molecular complexity index is 1280. The average Bonchev–Trinajstić information content (AvgIpc) is 3.46. The number of aliphatic hydroxyl groups excluding tert-OH is 1. The third kappa shape index (κ3) is 4.10. The molecule has 0 radical (unpaired) electrons. The van der Waals surface area contributed by atoms with E-state index in [9.17, 15) is 24.8 Å². The lowest BCUT2D eigenvalue weighted by Gasteiger charge is -2.64. The van der Waals surface area contributed by atoms with Crippen LogP contribution in [0.4, 0.5) is 5.69 Å². The summed E-state index contributed by atoms with van der Waals surface area (Å²) in [6.07, 6.45) is 6.17. The molecule has 0 aromatic heterocycles. The Balaban J connectivity index is 1.53. The Morgan fingerprint density at radius 1 is 1.21 bits per heavy atom. The molecule has 228 valence electrons. The van der Waals surface area contributed by atoms with E-state index in [0.29, 0.717) is 24.0 Å². The Labute approximate surface area is 250 Å². The first-order valence-electron chi connectivity index (χ1n) is 15.9. The number of carbonyl (C=O) groups excluding carboxylic acids is 1. The van der Waals surface area contributed by atoms with Crippen molar-refractivity contribution in [1.29, 1.82) is 0 Å². The van der Waals surface area contributed by atoms with Gasteiger partial charge in [-0.25, -0.2) is 0 Å². The van der Waals surface area contributed by atoms with Crippen LogP contribution in [0.15, 0.2) is 30.9 Å². The molecule has 4 fully saturated rings. The van der Waals surface area contributed by atoms with Gasteiger partial charge in [-0.2, -0.15) is 0 Å². The number of carboxylic acid groups (broad SMARTS) is 1. The fourth-order valence-corrected chi connectivity index (χ4v) is 10.2. The zero-order valence-electron chi connectivity index (χ0n) is 25.6. The lowest BCUT2D eigenvalue weighted by Crippen LogP contribution is -2.66. The minimum Gasteiger partial charge on any atom is -0.480 e. The van der Waals surface area contributed by atoms with Crippen LogP contribution < -0.4 is 15.7 Å². The molecule has 2 aliphatic heterocycles. The summed E-state index contributed by atoms with van der Waals surface area (Å²) in [5.74, 6) is -0.913. The van der Waals surface area contributed by atoms with Crippen LogP contribution in [-0.2, 0) is 19.8 Å². The van der Waals surface area contributed by atoms with Crippen molar-refractivity contribution in [3.8, 4) is 0 Å². The van der Waals surface area contributed by atoms with Crippen molar-refractivity contribution in [2.45, 2.75) is 90.4 Å². The van der Waals surface area contributed by atoms with Crippen LogP contribution in [0, 0.1) is 34.0 Å². The molecule has 2 heterocycles. The maximum atomic E-state index is 13.9. The van der Waals surface area contributed by atoms with Gasteiger partial charge in [0.15, 0.2) is 0 Å². The number of benzene rings is 1. The molecule has 5 aliphatic rings. The maximum Gasteiger partial charge on any atom is 0.492 e. The molecule has 0 amide bonds. The second-order valence-corrected chi connectivity index (χ2v) is 14.6. The number of fused-ring (bicyclic) bond motifs is 2. The highest BCUT2D eigenvalue weighted by atomic mass is 16.5. The van der Waals surface area contributed by atoms with Gasteiger partial charge in [0.1, 0.15) is 12.3 Å². The Hall–Kier alpha value is -2.20. The fourth-order valence-electron chi connectivity index (χ4n) is 10.2. The Morgan fingerprint density at radius 3 is 2.60 bits per heavy atom. The molecule has 9 heteroatoms. The van der Waals surface area contributed by atoms with E-state index < -0.39 is 35.6 Å². The molecule has 4 N–H and O–H groups in total. The number of hydrogen-bond donors (Lipinski definition) is 4. The predicted octanol–water partition coefficient (Wildman–Crippen LogP) is 3.24. The second kappa shape index (κ2) is 10.2. The number of aliphatic carboxylic acids is 1. The standard InChI is InChI=1S/C33H47BN2O6/c1-6-30(4)18-26(31(5)20(2)9-11-32(21(3)29(30)40)12-10-25(37)28(31)32)36(19-27(38)39)22-7-8-23-24(17-22)34(41)42-33(23)13-15-35-16-14-33/h6-8,17,20-21,26,28-29,35,40-41H,1,9-16,18-19H2,2-5H3,(H,38,39)/t20-,21+,26-,28+,29+,30-,31+,32+/m1/s1. The summed E-state index contributed by atoms with van der Waals surface area (Å²) in [7, 11) is -1.09. The SMILES string of the molecule is C=C[C@]1(C)C[C@@H](N(CC(=O)O)c2ccc3c(c2)B(O)OC32CCNCC2)[C@]2(C)[C@H](C)CC[C@]3(CCC(=O)[C@H]32)[C@@H](C)[C@@H]1O. The van der Waals surface area contributed by atoms with Gasteiger partial charge in [0.2, 0.25) is 0 Å². The van der Waals surface area contributed by atoms with Crippen LogP contribution in [0.2, 0.25) is 0 Å². The van der Waals surface area contributed by atoms with Gasteiger partial charge in [-0.15, -0.1) is 6.58 Å². The lowest BCUT2D eigenvalue weighted by atomic mass is 9.43. The molecule has 3 saturated carbocycles. The van der Waals surface area contributed by atoms with Crippen LogP contribution in [-0.4, -0.2) is 65.9 Å². The fraction of sp³-hybridized carbons (Fsp3) is 0.697. The number of ketones is 1. The molecule has 8 nitrogen and oxygen atoms in total. The van der Waals surface area contributed by atoms with Crippen LogP contribution in [0.5, 0.6) is 0 Å². The normalized spacial score (nSPS) is 40.7. The number of carboxylic acids is 1. The summed E-state index contributed by atoms with van der Waals surface area (Å²) in [4.78, 5) is 28.4. The van der Waals surface area contributed by atoms with Gasteiger partial charge in [-0.05, 0) is 92.0 Å². The molecular weight excluding hydrogens is 531 g/mol. The molecule has 2 bridgehead atoms. The van der Waals surface area contributed by atoms with Gasteiger partial charge in [0.05, 0.1) is 11.7 Å². The van der Waals surface area contributed by atoms with E-state index in [0.717, 1.165) is 50.8 Å². The number of Topliss-reactive ketones (excluding diaryl/α,β-unsaturated/α-hetero) is 1. The summed E-state index contributed by atoms with van der Waals surface area (Å²) in [6.45, 7) is 14.1. The van der Waals surface area contributed by atoms with E-state index in [1.165, 1.54) is 0 Å². The van der Waals surface area contributed by atoms with Gasteiger partial charge in [-0.1, -0.05) is 39.8 Å². The minimum atomic E-state index is -1.09. The average molecular weight is 579 g/mol. The summed E-state index contributed by atoms with van der Waals surface area (Å²) >= 11 is 0. The zero-order chi connectivity index (χ0) is 30.2. The van der Waals surface area contributed by atoms with Crippen LogP contribution >= 0.6 is 0 Å². The van der Waals surface area contributed by atoms with Gasteiger partial charge >= 0.3 is 13.1 Å². The van der Waals surface area contributed by atoms with E-state index in [4.69, 9.17) is 4.65 Å². The Kier molecular flexibility index (Phi) is 7.24. The van der Waals surface area contributed by atoms with Crippen molar-refractivity contribution in [3.05, 3.63) is 36.4 Å². The molecular formula is C33H47BN2O6. The van der Waals surface area contributed by atoms with E-state index in [1.54, 1.807) is 0 Å². The summed E-state index contributed by atoms with van der Waals surface area (Å²) in [6, 6.07) is 5.51.